The number of imidazole rings is 1. The summed E-state index contributed by atoms with van der Waals surface area (Å²) in [6.45, 7) is 2.30. The van der Waals surface area contributed by atoms with E-state index in [0.29, 0.717) is 6.54 Å². The number of rotatable bonds is 1. The van der Waals surface area contributed by atoms with E-state index in [9.17, 15) is 9.59 Å². The average Bonchev–Trinajstić information content (AvgIpc) is 2.36. The van der Waals surface area contributed by atoms with E-state index in [4.69, 9.17) is 0 Å². The van der Waals surface area contributed by atoms with Crippen molar-refractivity contribution in [1.29, 1.82) is 0 Å². The zero-order valence-corrected chi connectivity index (χ0v) is 6.13. The van der Waals surface area contributed by atoms with Gasteiger partial charge in [-0.05, 0) is 6.92 Å². The molecule has 0 saturated heterocycles. The fourth-order valence-electron chi connectivity index (χ4n) is 0.717. The van der Waals surface area contributed by atoms with Gasteiger partial charge in [-0.15, -0.1) is 0 Å². The molecule has 0 saturated carbocycles. The monoisotopic (exact) mass is 155 g/mol. The van der Waals surface area contributed by atoms with E-state index in [1.54, 1.807) is 6.92 Å². The van der Waals surface area contributed by atoms with Crippen molar-refractivity contribution in [1.82, 2.24) is 14.9 Å². The number of nitrogens with zero attached hydrogens (tertiary/aromatic N) is 1. The Kier molecular flexibility index (Phi) is 2.10. The molecule has 0 bridgehead atoms. The molecule has 0 spiro atoms. The van der Waals surface area contributed by atoms with Gasteiger partial charge in [-0.3, -0.25) is 0 Å². The molecule has 0 unspecified atom stereocenters. The van der Waals surface area contributed by atoms with Gasteiger partial charge in [-0.25, -0.2) is 14.2 Å². The maximum Gasteiger partial charge on any atom is 0.333 e. The Labute approximate surface area is 63.0 Å². The van der Waals surface area contributed by atoms with Gasteiger partial charge in [0.1, 0.15) is 0 Å². The number of H-pyrrole nitrogens is 1. The molecule has 1 aromatic heterocycles. The Morgan fingerprint density at radius 2 is 2.55 bits per heavy atom. The largest absolute Gasteiger partial charge is 0.338 e. The van der Waals surface area contributed by atoms with E-state index >= 15 is 0 Å². The summed E-state index contributed by atoms with van der Waals surface area (Å²) in [5.74, 6) is 0. The van der Waals surface area contributed by atoms with Crippen molar-refractivity contribution in [2.45, 2.75) is 6.92 Å². The van der Waals surface area contributed by atoms with Crippen LogP contribution in [0.2, 0.25) is 0 Å². The summed E-state index contributed by atoms with van der Waals surface area (Å²) in [5.41, 5.74) is -0.420. The van der Waals surface area contributed by atoms with Gasteiger partial charge in [0.05, 0.1) is 0 Å². The summed E-state index contributed by atoms with van der Waals surface area (Å²) in [5, 5.41) is 2.49. The molecule has 1 rings (SSSR count). The van der Waals surface area contributed by atoms with E-state index in [1.807, 2.05) is 0 Å². The highest BCUT2D eigenvalue weighted by molar-refractivity contribution is 5.76. The number of carbonyl (C=O) groups is 1. The lowest BCUT2D eigenvalue weighted by Crippen LogP contribution is -2.34. The molecule has 0 aliphatic carbocycles. The third kappa shape index (κ3) is 1.49. The van der Waals surface area contributed by atoms with Crippen molar-refractivity contribution in [3.05, 3.63) is 22.9 Å². The maximum atomic E-state index is 11.0. The number of carbonyl (C=O) groups excluding carboxylic acids is 1. The van der Waals surface area contributed by atoms with Crippen molar-refractivity contribution < 1.29 is 4.79 Å². The second kappa shape index (κ2) is 3.05. The minimum absolute atomic E-state index is 0.404. The highest BCUT2D eigenvalue weighted by Crippen LogP contribution is 1.76. The topological polar surface area (TPSA) is 66.9 Å². The fourth-order valence-corrected chi connectivity index (χ4v) is 0.717. The predicted octanol–water partition coefficient (Wildman–Crippen LogP) is -0.246. The molecule has 0 aliphatic rings. The fraction of sp³-hybridized carbons (Fsp3) is 0.333. The van der Waals surface area contributed by atoms with Crippen LogP contribution in [0.5, 0.6) is 0 Å². The van der Waals surface area contributed by atoms with Crippen molar-refractivity contribution in [2.75, 3.05) is 6.54 Å². The number of amides is 1. The summed E-state index contributed by atoms with van der Waals surface area (Å²) >= 11 is 0. The first-order valence-corrected chi connectivity index (χ1v) is 3.30. The van der Waals surface area contributed by atoms with E-state index in [1.165, 1.54) is 12.4 Å². The van der Waals surface area contributed by atoms with Gasteiger partial charge >= 0.3 is 11.7 Å². The van der Waals surface area contributed by atoms with E-state index < -0.39 is 11.7 Å². The molecule has 2 N–H and O–H groups in total. The average molecular weight is 155 g/mol. The molecule has 1 aromatic rings. The molecular formula is C6H9N3O2. The van der Waals surface area contributed by atoms with Gasteiger partial charge in [0, 0.05) is 18.9 Å². The van der Waals surface area contributed by atoms with Gasteiger partial charge < -0.3 is 10.3 Å². The van der Waals surface area contributed by atoms with Gasteiger partial charge in [0.2, 0.25) is 0 Å². The number of nitrogens with one attached hydrogen (secondary N) is 2. The van der Waals surface area contributed by atoms with Crippen LogP contribution in [0.4, 0.5) is 4.79 Å². The molecular weight excluding hydrogens is 146 g/mol. The predicted molar refractivity (Wildman–Crippen MR) is 39.5 cm³/mol. The zero-order chi connectivity index (χ0) is 8.27. The van der Waals surface area contributed by atoms with Gasteiger partial charge in [0.25, 0.3) is 0 Å². The normalized spacial score (nSPS) is 9.55. The van der Waals surface area contributed by atoms with Crippen molar-refractivity contribution >= 4 is 6.03 Å². The molecule has 1 heterocycles. The number of aromatic amines is 1. The molecule has 0 atom stereocenters. The zero-order valence-electron chi connectivity index (χ0n) is 6.13. The third-order valence-corrected chi connectivity index (χ3v) is 1.20. The molecule has 0 aromatic carbocycles. The Morgan fingerprint density at radius 1 is 1.82 bits per heavy atom. The number of hydrogen-bond acceptors (Lipinski definition) is 2. The summed E-state index contributed by atoms with van der Waals surface area (Å²) in [4.78, 5) is 24.1. The Morgan fingerprint density at radius 3 is 3.00 bits per heavy atom. The van der Waals surface area contributed by atoms with Crippen molar-refractivity contribution in [2.24, 2.45) is 0 Å². The summed E-state index contributed by atoms with van der Waals surface area (Å²) < 4.78 is 0.976. The van der Waals surface area contributed by atoms with Crippen molar-refractivity contribution in [3.63, 3.8) is 0 Å². The van der Waals surface area contributed by atoms with Crippen LogP contribution in [0.25, 0.3) is 0 Å². The quantitative estimate of drug-likeness (QED) is 0.587. The van der Waals surface area contributed by atoms with E-state index in [-0.39, 0.29) is 0 Å². The summed E-state index contributed by atoms with van der Waals surface area (Å²) in [7, 11) is 0. The lowest BCUT2D eigenvalue weighted by atomic mass is 10.7. The standard InChI is InChI=1S/C6H9N3O2/c1-2-7-5(10)9-4-3-8-6(9)11/h3-4H,2H2,1H3,(H,7,10)(H,8,11). The van der Waals surface area contributed by atoms with E-state index in [0.717, 1.165) is 4.57 Å². The second-order valence-corrected chi connectivity index (χ2v) is 1.97. The summed E-state index contributed by atoms with van der Waals surface area (Å²) in [6.07, 6.45) is 2.80. The van der Waals surface area contributed by atoms with Crippen LogP contribution in [0.3, 0.4) is 0 Å². The van der Waals surface area contributed by atoms with Crippen LogP contribution < -0.4 is 11.0 Å². The van der Waals surface area contributed by atoms with E-state index in [2.05, 4.69) is 10.3 Å². The molecule has 5 nitrogen and oxygen atoms in total. The minimum Gasteiger partial charge on any atom is -0.338 e. The Balaban J connectivity index is 2.85. The smallest absolute Gasteiger partial charge is 0.333 e. The van der Waals surface area contributed by atoms with Crippen LogP contribution >= 0.6 is 0 Å². The maximum absolute atomic E-state index is 11.0. The first kappa shape index (κ1) is 7.59. The highest BCUT2D eigenvalue weighted by atomic mass is 16.2. The van der Waals surface area contributed by atoms with Crippen LogP contribution in [0.15, 0.2) is 17.2 Å². The first-order chi connectivity index (χ1) is 5.25. The van der Waals surface area contributed by atoms with Gasteiger partial charge in [0.15, 0.2) is 0 Å². The Bertz CT molecular complexity index is 299. The van der Waals surface area contributed by atoms with Gasteiger partial charge in [-0.1, -0.05) is 0 Å². The van der Waals surface area contributed by atoms with Crippen LogP contribution in [-0.2, 0) is 0 Å². The minimum atomic E-state index is -0.420. The first-order valence-electron chi connectivity index (χ1n) is 3.30. The van der Waals surface area contributed by atoms with Gasteiger partial charge in [-0.2, -0.15) is 0 Å². The third-order valence-electron chi connectivity index (χ3n) is 1.20. The van der Waals surface area contributed by atoms with Crippen LogP contribution in [-0.4, -0.2) is 22.1 Å². The summed E-state index contributed by atoms with van der Waals surface area (Å²) in [6, 6.07) is -0.404. The molecule has 0 radical (unpaired) electrons. The number of aromatic nitrogens is 2. The van der Waals surface area contributed by atoms with Crippen LogP contribution in [0.1, 0.15) is 6.92 Å². The SMILES string of the molecule is CCNC(=O)n1cc[nH]c1=O. The molecule has 1 amide bonds. The Hall–Kier alpha value is -1.52. The number of hydrogen-bond donors (Lipinski definition) is 2. The highest BCUT2D eigenvalue weighted by Gasteiger charge is 2.03. The van der Waals surface area contributed by atoms with Crippen molar-refractivity contribution in [3.8, 4) is 0 Å². The van der Waals surface area contributed by atoms with Crippen LogP contribution in [0, 0.1) is 0 Å². The molecule has 0 fully saturated rings. The molecule has 0 aliphatic heterocycles. The molecule has 60 valence electrons. The molecule has 11 heavy (non-hydrogen) atoms. The molecule has 5 heteroatoms. The lowest BCUT2D eigenvalue weighted by molar-refractivity contribution is 0.242. The lowest BCUT2D eigenvalue weighted by Gasteiger charge is -1.98. The second-order valence-electron chi connectivity index (χ2n) is 1.97.